The van der Waals surface area contributed by atoms with Crippen LogP contribution in [0.2, 0.25) is 0 Å². The molecule has 106 valence electrons. The van der Waals surface area contributed by atoms with Crippen LogP contribution in [-0.4, -0.2) is 29.9 Å². The maximum absolute atomic E-state index is 11.7. The lowest BCUT2D eigenvalue weighted by Crippen LogP contribution is -2.43. The van der Waals surface area contributed by atoms with Crippen LogP contribution < -0.4 is 16.4 Å². The normalized spacial score (nSPS) is 14.8. The minimum Gasteiger partial charge on any atom is -0.359 e. The van der Waals surface area contributed by atoms with Crippen LogP contribution >= 0.6 is 0 Å². The standard InChI is InChI=1S/C13H27N3O2/c1-12(2,3)16-11(18)7-9-13(4,14)8-6-10(17)15-5/h6-9,14H2,1-5H3,(H,15,17)(H,16,18). The smallest absolute Gasteiger partial charge is 0.220 e. The SMILES string of the molecule is CNC(=O)CCC(C)(N)CCC(=O)NC(C)(C)C. The largest absolute Gasteiger partial charge is 0.359 e. The summed E-state index contributed by atoms with van der Waals surface area (Å²) in [6.07, 6.45) is 1.93. The van der Waals surface area contributed by atoms with Crippen molar-refractivity contribution in [3.8, 4) is 0 Å². The molecule has 0 bridgehead atoms. The first-order valence-electron chi connectivity index (χ1n) is 6.36. The zero-order valence-corrected chi connectivity index (χ0v) is 12.2. The predicted molar refractivity (Wildman–Crippen MR) is 73.0 cm³/mol. The fourth-order valence-corrected chi connectivity index (χ4v) is 1.53. The summed E-state index contributed by atoms with van der Waals surface area (Å²) >= 11 is 0. The number of amides is 2. The molecule has 5 nitrogen and oxygen atoms in total. The van der Waals surface area contributed by atoms with Crippen molar-refractivity contribution >= 4 is 11.8 Å². The maximum atomic E-state index is 11.7. The summed E-state index contributed by atoms with van der Waals surface area (Å²) in [6, 6.07) is 0. The summed E-state index contributed by atoms with van der Waals surface area (Å²) in [6.45, 7) is 7.70. The van der Waals surface area contributed by atoms with Crippen LogP contribution in [0.15, 0.2) is 0 Å². The highest BCUT2D eigenvalue weighted by Crippen LogP contribution is 2.16. The Morgan fingerprint density at radius 2 is 1.44 bits per heavy atom. The molecule has 0 spiro atoms. The Morgan fingerprint density at radius 3 is 1.83 bits per heavy atom. The molecule has 18 heavy (non-hydrogen) atoms. The predicted octanol–water partition coefficient (Wildman–Crippen LogP) is 0.925. The molecule has 4 N–H and O–H groups in total. The zero-order valence-electron chi connectivity index (χ0n) is 12.2. The first-order chi connectivity index (χ1) is 8.06. The third kappa shape index (κ3) is 8.98. The first-order valence-corrected chi connectivity index (χ1v) is 6.36. The first kappa shape index (κ1) is 16.9. The van der Waals surface area contributed by atoms with Crippen molar-refractivity contribution in [1.82, 2.24) is 10.6 Å². The maximum Gasteiger partial charge on any atom is 0.220 e. The van der Waals surface area contributed by atoms with Crippen LogP contribution in [0.25, 0.3) is 0 Å². The van der Waals surface area contributed by atoms with E-state index in [1.807, 2.05) is 27.7 Å². The molecule has 0 aromatic rings. The summed E-state index contributed by atoms with van der Waals surface area (Å²) < 4.78 is 0. The van der Waals surface area contributed by atoms with Gasteiger partial charge in [0.1, 0.15) is 0 Å². The Kier molecular flexibility index (Phi) is 6.32. The molecule has 1 unspecified atom stereocenters. The van der Waals surface area contributed by atoms with E-state index in [-0.39, 0.29) is 17.4 Å². The minimum absolute atomic E-state index is 0.000817. The van der Waals surface area contributed by atoms with Crippen molar-refractivity contribution in [2.24, 2.45) is 5.73 Å². The van der Waals surface area contributed by atoms with E-state index in [4.69, 9.17) is 5.73 Å². The van der Waals surface area contributed by atoms with Crippen molar-refractivity contribution in [1.29, 1.82) is 0 Å². The van der Waals surface area contributed by atoms with E-state index < -0.39 is 5.54 Å². The van der Waals surface area contributed by atoms with E-state index in [2.05, 4.69) is 10.6 Å². The minimum atomic E-state index is -0.484. The fourth-order valence-electron chi connectivity index (χ4n) is 1.53. The van der Waals surface area contributed by atoms with Crippen LogP contribution in [0, 0.1) is 0 Å². The van der Waals surface area contributed by atoms with Crippen LogP contribution in [-0.2, 0) is 9.59 Å². The van der Waals surface area contributed by atoms with Gasteiger partial charge in [0.25, 0.3) is 0 Å². The molecule has 0 aliphatic carbocycles. The number of carbonyl (C=O) groups excluding carboxylic acids is 2. The second-order valence-electron chi connectivity index (χ2n) is 6.13. The molecule has 0 aromatic heterocycles. The molecular formula is C13H27N3O2. The van der Waals surface area contributed by atoms with Crippen molar-refractivity contribution < 1.29 is 9.59 Å². The second-order valence-corrected chi connectivity index (χ2v) is 6.13. The zero-order chi connectivity index (χ0) is 14.4. The van der Waals surface area contributed by atoms with Gasteiger partial charge in [0, 0.05) is 31.0 Å². The second kappa shape index (κ2) is 6.73. The Hall–Kier alpha value is -1.10. The molecule has 0 aliphatic rings. The van der Waals surface area contributed by atoms with E-state index in [0.29, 0.717) is 25.7 Å². The van der Waals surface area contributed by atoms with E-state index in [1.165, 1.54) is 0 Å². The van der Waals surface area contributed by atoms with Crippen molar-refractivity contribution in [3.63, 3.8) is 0 Å². The van der Waals surface area contributed by atoms with Crippen molar-refractivity contribution in [2.75, 3.05) is 7.05 Å². The molecule has 0 aromatic carbocycles. The van der Waals surface area contributed by atoms with E-state index in [9.17, 15) is 9.59 Å². The lowest BCUT2D eigenvalue weighted by molar-refractivity contribution is -0.122. The monoisotopic (exact) mass is 257 g/mol. The van der Waals surface area contributed by atoms with Gasteiger partial charge in [-0.05, 0) is 40.5 Å². The highest BCUT2D eigenvalue weighted by atomic mass is 16.2. The Morgan fingerprint density at radius 1 is 1.00 bits per heavy atom. The molecule has 0 heterocycles. The molecular weight excluding hydrogens is 230 g/mol. The van der Waals surface area contributed by atoms with Crippen LogP contribution in [0.1, 0.15) is 53.4 Å². The Bertz CT molecular complexity index is 293. The summed E-state index contributed by atoms with van der Waals surface area (Å²) in [5.41, 5.74) is 5.37. The molecule has 0 radical (unpaired) electrons. The van der Waals surface area contributed by atoms with Gasteiger partial charge >= 0.3 is 0 Å². The highest BCUT2D eigenvalue weighted by Gasteiger charge is 2.22. The Labute approximate surface area is 110 Å². The van der Waals surface area contributed by atoms with Gasteiger partial charge in [-0.25, -0.2) is 0 Å². The average Bonchev–Trinajstić information content (AvgIpc) is 2.21. The van der Waals surface area contributed by atoms with Crippen molar-refractivity contribution in [3.05, 3.63) is 0 Å². The number of hydrogen-bond donors (Lipinski definition) is 3. The molecule has 0 aliphatic heterocycles. The number of rotatable bonds is 6. The van der Waals surface area contributed by atoms with Gasteiger partial charge in [0.15, 0.2) is 0 Å². The molecule has 0 fully saturated rings. The fraction of sp³-hybridized carbons (Fsp3) is 0.846. The highest BCUT2D eigenvalue weighted by molar-refractivity contribution is 5.77. The van der Waals surface area contributed by atoms with Crippen LogP contribution in [0.3, 0.4) is 0 Å². The van der Waals surface area contributed by atoms with Gasteiger partial charge in [-0.1, -0.05) is 0 Å². The molecule has 5 heteroatoms. The Balaban J connectivity index is 4.03. The lowest BCUT2D eigenvalue weighted by Gasteiger charge is -2.26. The number of nitrogens with one attached hydrogen (secondary N) is 2. The van der Waals surface area contributed by atoms with E-state index >= 15 is 0 Å². The lowest BCUT2D eigenvalue weighted by atomic mass is 9.91. The van der Waals surface area contributed by atoms with Crippen LogP contribution in [0.5, 0.6) is 0 Å². The number of hydrogen-bond acceptors (Lipinski definition) is 3. The van der Waals surface area contributed by atoms with Crippen molar-refractivity contribution in [2.45, 2.75) is 64.5 Å². The molecule has 0 saturated heterocycles. The third-order valence-corrected chi connectivity index (χ3v) is 2.64. The summed E-state index contributed by atoms with van der Waals surface area (Å²) in [4.78, 5) is 22.8. The number of nitrogens with two attached hydrogens (primary N) is 1. The molecule has 2 amide bonds. The summed E-state index contributed by atoms with van der Waals surface area (Å²) in [5, 5.41) is 5.45. The quantitative estimate of drug-likeness (QED) is 0.661. The average molecular weight is 257 g/mol. The third-order valence-electron chi connectivity index (χ3n) is 2.64. The van der Waals surface area contributed by atoms with Crippen LogP contribution in [0.4, 0.5) is 0 Å². The van der Waals surface area contributed by atoms with Gasteiger partial charge in [0.2, 0.25) is 11.8 Å². The molecule has 1 atom stereocenters. The summed E-state index contributed by atoms with van der Waals surface area (Å²) in [7, 11) is 1.60. The van der Waals surface area contributed by atoms with Gasteiger partial charge in [-0.15, -0.1) is 0 Å². The van der Waals surface area contributed by atoms with Gasteiger partial charge in [-0.3, -0.25) is 9.59 Å². The van der Waals surface area contributed by atoms with E-state index in [1.54, 1.807) is 7.05 Å². The van der Waals surface area contributed by atoms with Gasteiger partial charge in [-0.2, -0.15) is 0 Å². The van der Waals surface area contributed by atoms with E-state index in [0.717, 1.165) is 0 Å². The molecule has 0 rings (SSSR count). The van der Waals surface area contributed by atoms with Gasteiger partial charge in [0.05, 0.1) is 0 Å². The summed E-state index contributed by atoms with van der Waals surface area (Å²) in [5.74, 6) is -0.0232. The topological polar surface area (TPSA) is 84.2 Å². The number of carbonyl (C=O) groups is 2. The molecule has 0 saturated carbocycles. The van der Waals surface area contributed by atoms with Gasteiger partial charge < -0.3 is 16.4 Å².